The number of carbonyl (C=O) groups is 3. The summed E-state index contributed by atoms with van der Waals surface area (Å²) < 4.78 is 0. The highest BCUT2D eigenvalue weighted by atomic mass is 79.9. The Morgan fingerprint density at radius 3 is 2.78 bits per heavy atom. The van der Waals surface area contributed by atoms with Gasteiger partial charge in [-0.25, -0.2) is 5.43 Å². The minimum absolute atomic E-state index is 0.0384. The molecule has 0 aromatic rings. The minimum atomic E-state index is -0.422. The largest absolute Gasteiger partial charge is 0.354 e. The van der Waals surface area contributed by atoms with E-state index in [4.69, 9.17) is 0 Å². The van der Waals surface area contributed by atoms with Crippen molar-refractivity contribution in [2.24, 2.45) is 0 Å². The van der Waals surface area contributed by atoms with Crippen LogP contribution in [0.25, 0.3) is 0 Å². The van der Waals surface area contributed by atoms with E-state index in [0.29, 0.717) is 19.4 Å². The molecule has 0 aromatic carbocycles. The fourth-order valence-corrected chi connectivity index (χ4v) is 2.14. The quantitative estimate of drug-likeness (QED) is 0.674. The molecule has 2 amide bonds. The van der Waals surface area contributed by atoms with Crippen LogP contribution in [0.2, 0.25) is 0 Å². The summed E-state index contributed by atoms with van der Waals surface area (Å²) in [5.74, 6) is -0.264. The number of carbonyl (C=O) groups excluding carboxylic acids is 3. The summed E-state index contributed by atoms with van der Waals surface area (Å²) in [6.07, 6.45) is 0.876. The first-order valence-corrected chi connectivity index (χ1v) is 7.03. The molecule has 0 aliphatic carbocycles. The van der Waals surface area contributed by atoms with Crippen LogP contribution in [0, 0.1) is 0 Å². The van der Waals surface area contributed by atoms with Crippen LogP contribution < -0.4 is 10.7 Å². The number of nitrogens with one attached hydrogen (secondary N) is 2. The Labute approximate surface area is 115 Å². The summed E-state index contributed by atoms with van der Waals surface area (Å²) in [6.45, 7) is 3.71. The molecule has 1 unspecified atom stereocenters. The Morgan fingerprint density at radius 1 is 1.61 bits per heavy atom. The SMILES string of the molecule is CC[C@H](C(C)=O)N1NC(CNC(=O)CBr)CC1=O. The molecular weight excluding hydrogens is 302 g/mol. The molecule has 0 bridgehead atoms. The number of amides is 2. The maximum atomic E-state index is 11.8. The molecule has 102 valence electrons. The number of Topliss-reactive ketones (excluding diaryl/α,β-unsaturated/α-hetero) is 1. The van der Waals surface area contributed by atoms with Gasteiger partial charge in [0.1, 0.15) is 6.04 Å². The van der Waals surface area contributed by atoms with E-state index in [0.717, 1.165) is 0 Å². The molecule has 1 heterocycles. The molecule has 1 saturated heterocycles. The highest BCUT2D eigenvalue weighted by molar-refractivity contribution is 9.09. The first-order valence-electron chi connectivity index (χ1n) is 5.90. The fourth-order valence-electron chi connectivity index (χ4n) is 1.94. The molecule has 1 aliphatic rings. The molecule has 1 fully saturated rings. The van der Waals surface area contributed by atoms with E-state index in [1.54, 1.807) is 0 Å². The van der Waals surface area contributed by atoms with Gasteiger partial charge in [-0.3, -0.25) is 19.4 Å². The van der Waals surface area contributed by atoms with Gasteiger partial charge in [0.25, 0.3) is 0 Å². The number of nitrogens with zero attached hydrogens (tertiary/aromatic N) is 1. The van der Waals surface area contributed by atoms with E-state index >= 15 is 0 Å². The number of alkyl halides is 1. The van der Waals surface area contributed by atoms with Gasteiger partial charge in [-0.2, -0.15) is 0 Å². The zero-order valence-electron chi connectivity index (χ0n) is 10.5. The Hall–Kier alpha value is -0.950. The molecule has 2 N–H and O–H groups in total. The summed E-state index contributed by atoms with van der Waals surface area (Å²) in [6, 6.07) is -0.566. The Balaban J connectivity index is 2.53. The molecule has 2 atom stereocenters. The van der Waals surface area contributed by atoms with Crippen LogP contribution in [0.3, 0.4) is 0 Å². The molecule has 7 heteroatoms. The molecule has 6 nitrogen and oxygen atoms in total. The van der Waals surface area contributed by atoms with E-state index in [-0.39, 0.29) is 29.0 Å². The Morgan fingerprint density at radius 2 is 2.28 bits per heavy atom. The number of ketones is 1. The molecule has 0 saturated carbocycles. The number of hydrogen-bond donors (Lipinski definition) is 2. The maximum absolute atomic E-state index is 11.8. The van der Waals surface area contributed by atoms with Crippen molar-refractivity contribution in [1.82, 2.24) is 15.8 Å². The predicted octanol–water partition coefficient (Wildman–Crippen LogP) is -0.0294. The number of hydrazine groups is 1. The number of halogens is 1. The third-order valence-electron chi connectivity index (χ3n) is 2.85. The lowest BCUT2D eigenvalue weighted by Gasteiger charge is -2.25. The monoisotopic (exact) mass is 319 g/mol. The van der Waals surface area contributed by atoms with Crippen molar-refractivity contribution in [2.45, 2.75) is 38.8 Å². The van der Waals surface area contributed by atoms with Crippen LogP contribution in [0.15, 0.2) is 0 Å². The van der Waals surface area contributed by atoms with Gasteiger partial charge in [-0.1, -0.05) is 22.9 Å². The zero-order chi connectivity index (χ0) is 13.7. The number of hydrogen-bond acceptors (Lipinski definition) is 4. The lowest BCUT2D eigenvalue weighted by atomic mass is 10.1. The van der Waals surface area contributed by atoms with E-state index in [1.165, 1.54) is 11.9 Å². The fraction of sp³-hybridized carbons (Fsp3) is 0.727. The molecule has 1 aliphatic heterocycles. The van der Waals surface area contributed by atoms with Crippen LogP contribution in [-0.4, -0.2) is 46.6 Å². The zero-order valence-corrected chi connectivity index (χ0v) is 12.1. The molecule has 18 heavy (non-hydrogen) atoms. The average Bonchev–Trinajstić information content (AvgIpc) is 2.68. The van der Waals surface area contributed by atoms with Crippen LogP contribution >= 0.6 is 15.9 Å². The normalized spacial score (nSPS) is 20.9. The summed E-state index contributed by atoms with van der Waals surface area (Å²) in [7, 11) is 0. The first kappa shape index (κ1) is 15.1. The minimum Gasteiger partial charge on any atom is -0.354 e. The van der Waals surface area contributed by atoms with Gasteiger partial charge in [0.15, 0.2) is 5.78 Å². The van der Waals surface area contributed by atoms with Crippen molar-refractivity contribution in [1.29, 1.82) is 0 Å². The van der Waals surface area contributed by atoms with Crippen molar-refractivity contribution >= 4 is 33.5 Å². The lowest BCUT2D eigenvalue weighted by molar-refractivity contribution is -0.138. The van der Waals surface area contributed by atoms with Crippen LogP contribution in [0.4, 0.5) is 0 Å². The van der Waals surface area contributed by atoms with Gasteiger partial charge in [0.2, 0.25) is 11.8 Å². The standard InChI is InChI=1S/C11H18BrN3O3/c1-3-9(7(2)16)15-11(18)4-8(14-15)6-13-10(17)5-12/h8-9,14H,3-6H2,1-2H3,(H,13,17)/t8?,9-/m1/s1. The predicted molar refractivity (Wildman–Crippen MR) is 70.0 cm³/mol. The van der Waals surface area contributed by atoms with Gasteiger partial charge in [0, 0.05) is 13.0 Å². The Bertz CT molecular complexity index is 348. The molecule has 0 radical (unpaired) electrons. The third-order valence-corrected chi connectivity index (χ3v) is 3.36. The van der Waals surface area contributed by atoms with Crippen molar-refractivity contribution in [3.8, 4) is 0 Å². The molecular formula is C11H18BrN3O3. The van der Waals surface area contributed by atoms with Crippen molar-refractivity contribution in [3.05, 3.63) is 0 Å². The summed E-state index contributed by atoms with van der Waals surface area (Å²) in [5, 5.41) is 4.32. The topological polar surface area (TPSA) is 78.5 Å². The van der Waals surface area contributed by atoms with E-state index in [1.807, 2.05) is 6.92 Å². The van der Waals surface area contributed by atoms with Crippen molar-refractivity contribution < 1.29 is 14.4 Å². The summed E-state index contributed by atoms with van der Waals surface area (Å²) in [4.78, 5) is 34.3. The van der Waals surface area contributed by atoms with Crippen LogP contribution in [0.5, 0.6) is 0 Å². The van der Waals surface area contributed by atoms with Crippen LogP contribution in [0.1, 0.15) is 26.7 Å². The van der Waals surface area contributed by atoms with E-state index < -0.39 is 6.04 Å². The molecule has 0 spiro atoms. The molecule has 1 rings (SSSR count). The van der Waals surface area contributed by atoms with Gasteiger partial charge >= 0.3 is 0 Å². The van der Waals surface area contributed by atoms with E-state index in [2.05, 4.69) is 26.7 Å². The lowest BCUT2D eigenvalue weighted by Crippen LogP contribution is -2.50. The molecule has 0 aromatic heterocycles. The Kier molecular flexibility index (Phi) is 5.74. The second-order valence-corrected chi connectivity index (χ2v) is 4.83. The second-order valence-electron chi connectivity index (χ2n) is 4.27. The van der Waals surface area contributed by atoms with Crippen LogP contribution in [-0.2, 0) is 14.4 Å². The smallest absolute Gasteiger partial charge is 0.239 e. The first-order chi connectivity index (χ1) is 8.49. The van der Waals surface area contributed by atoms with Gasteiger partial charge < -0.3 is 5.32 Å². The number of rotatable bonds is 6. The third kappa shape index (κ3) is 3.78. The summed E-state index contributed by atoms with van der Waals surface area (Å²) in [5.41, 5.74) is 2.99. The highest BCUT2D eigenvalue weighted by Crippen LogP contribution is 2.13. The van der Waals surface area contributed by atoms with Crippen molar-refractivity contribution in [3.63, 3.8) is 0 Å². The summed E-state index contributed by atoms with van der Waals surface area (Å²) >= 11 is 3.05. The highest BCUT2D eigenvalue weighted by Gasteiger charge is 2.35. The second kappa shape index (κ2) is 6.84. The van der Waals surface area contributed by atoms with Gasteiger partial charge in [-0.05, 0) is 13.3 Å². The maximum Gasteiger partial charge on any atom is 0.239 e. The van der Waals surface area contributed by atoms with Crippen molar-refractivity contribution in [2.75, 3.05) is 11.9 Å². The van der Waals surface area contributed by atoms with E-state index in [9.17, 15) is 14.4 Å². The van der Waals surface area contributed by atoms with Gasteiger partial charge in [0.05, 0.1) is 11.4 Å². The van der Waals surface area contributed by atoms with Gasteiger partial charge in [-0.15, -0.1) is 0 Å². The average molecular weight is 320 g/mol.